The first-order valence-corrected chi connectivity index (χ1v) is 11.4. The summed E-state index contributed by atoms with van der Waals surface area (Å²) >= 11 is 0. The molecule has 31 heavy (non-hydrogen) atoms. The number of carbonyl (C=O) groups is 1. The first-order valence-electron chi connectivity index (χ1n) is 11.4. The Labute approximate surface area is 188 Å². The summed E-state index contributed by atoms with van der Waals surface area (Å²) in [7, 11) is 0. The van der Waals surface area contributed by atoms with Crippen LogP contribution in [0.5, 0.6) is 0 Å². The SMILES string of the molecule is CC/C=C\C/C=C\C/C=C\C/C=C\C/C=C\CCCCOC(C(=O)O)c1ccccc1. The molecule has 0 aliphatic carbocycles. The van der Waals surface area contributed by atoms with Crippen molar-refractivity contribution in [3.05, 3.63) is 96.7 Å². The summed E-state index contributed by atoms with van der Waals surface area (Å²) in [5.41, 5.74) is 0.688. The van der Waals surface area contributed by atoms with Crippen molar-refractivity contribution in [2.24, 2.45) is 0 Å². The van der Waals surface area contributed by atoms with Gasteiger partial charge in [0.15, 0.2) is 6.10 Å². The fraction of sp³-hybridized carbons (Fsp3) is 0.393. The van der Waals surface area contributed by atoms with Crippen molar-refractivity contribution >= 4 is 5.97 Å². The van der Waals surface area contributed by atoms with Crippen LogP contribution >= 0.6 is 0 Å². The molecule has 3 heteroatoms. The third-order valence-electron chi connectivity index (χ3n) is 4.53. The Kier molecular flexibility index (Phi) is 16.4. The zero-order chi connectivity index (χ0) is 22.4. The predicted octanol–water partition coefficient (Wildman–Crippen LogP) is 7.75. The lowest BCUT2D eigenvalue weighted by Gasteiger charge is -2.13. The lowest BCUT2D eigenvalue weighted by Crippen LogP contribution is -2.15. The molecule has 1 aromatic rings. The van der Waals surface area contributed by atoms with E-state index in [1.54, 1.807) is 12.1 Å². The summed E-state index contributed by atoms with van der Waals surface area (Å²) in [6.07, 6.45) is 28.9. The summed E-state index contributed by atoms with van der Waals surface area (Å²) in [5.74, 6) is -0.941. The van der Waals surface area contributed by atoms with Gasteiger partial charge < -0.3 is 9.84 Å². The second kappa shape index (κ2) is 19.3. The molecule has 0 spiro atoms. The number of benzene rings is 1. The topological polar surface area (TPSA) is 46.5 Å². The van der Waals surface area contributed by atoms with Gasteiger partial charge in [0, 0.05) is 6.61 Å². The van der Waals surface area contributed by atoms with Crippen molar-refractivity contribution in [3.8, 4) is 0 Å². The molecule has 0 amide bonds. The fourth-order valence-electron chi connectivity index (χ4n) is 2.87. The summed E-state index contributed by atoms with van der Waals surface area (Å²) in [4.78, 5) is 11.4. The van der Waals surface area contributed by atoms with Crippen LogP contribution in [0.15, 0.2) is 91.1 Å². The first-order chi connectivity index (χ1) is 15.3. The van der Waals surface area contributed by atoms with Crippen molar-refractivity contribution in [1.82, 2.24) is 0 Å². The van der Waals surface area contributed by atoms with E-state index in [2.05, 4.69) is 67.7 Å². The highest BCUT2D eigenvalue weighted by Gasteiger charge is 2.19. The molecule has 168 valence electrons. The van der Waals surface area contributed by atoms with Gasteiger partial charge in [0.05, 0.1) is 0 Å². The van der Waals surface area contributed by atoms with Gasteiger partial charge in [-0.3, -0.25) is 0 Å². The third-order valence-corrected chi connectivity index (χ3v) is 4.53. The van der Waals surface area contributed by atoms with E-state index in [0.29, 0.717) is 12.2 Å². The van der Waals surface area contributed by atoms with Gasteiger partial charge in [0.2, 0.25) is 0 Å². The van der Waals surface area contributed by atoms with Crippen LogP contribution in [0.25, 0.3) is 0 Å². The highest BCUT2D eigenvalue weighted by atomic mass is 16.5. The van der Waals surface area contributed by atoms with Crippen molar-refractivity contribution in [3.63, 3.8) is 0 Å². The molecule has 3 nitrogen and oxygen atoms in total. The van der Waals surface area contributed by atoms with Gasteiger partial charge in [-0.15, -0.1) is 0 Å². The van der Waals surface area contributed by atoms with E-state index < -0.39 is 12.1 Å². The van der Waals surface area contributed by atoms with Crippen molar-refractivity contribution < 1.29 is 14.6 Å². The molecular weight excluding hydrogens is 384 g/mol. The Morgan fingerprint density at radius 2 is 1.32 bits per heavy atom. The number of unbranched alkanes of at least 4 members (excludes halogenated alkanes) is 2. The fourth-order valence-corrected chi connectivity index (χ4v) is 2.87. The second-order valence-corrected chi connectivity index (χ2v) is 7.20. The first kappa shape index (κ1) is 26.4. The van der Waals surface area contributed by atoms with E-state index in [4.69, 9.17) is 4.74 Å². The maximum absolute atomic E-state index is 11.4. The van der Waals surface area contributed by atoms with E-state index in [0.717, 1.165) is 51.4 Å². The van der Waals surface area contributed by atoms with Crippen LogP contribution in [-0.4, -0.2) is 17.7 Å². The molecule has 0 fully saturated rings. The van der Waals surface area contributed by atoms with E-state index in [-0.39, 0.29) is 0 Å². The standard InChI is InChI=1S/C28H38O3/c1-2-3-4-5-6-7-8-9-10-11-12-13-14-15-16-17-18-22-25-31-27(28(29)30)26-23-20-19-21-24-26/h3-4,6-7,9-10,12-13,15-16,19-21,23-24,27H,2,5,8,11,14,17-18,22,25H2,1H3,(H,29,30)/b4-3-,7-6-,10-9-,13-12-,16-15-. The van der Waals surface area contributed by atoms with Crippen LogP contribution in [0.1, 0.15) is 70.0 Å². The Balaban J connectivity index is 2.03. The number of aliphatic carboxylic acids is 1. The molecule has 0 aliphatic rings. The van der Waals surface area contributed by atoms with Gasteiger partial charge in [-0.1, -0.05) is 98.0 Å². The minimum absolute atomic E-state index is 0.455. The lowest BCUT2D eigenvalue weighted by atomic mass is 10.1. The number of hydrogen-bond donors (Lipinski definition) is 1. The predicted molar refractivity (Wildman–Crippen MR) is 131 cm³/mol. The Bertz CT molecular complexity index is 711. The molecule has 1 atom stereocenters. The third kappa shape index (κ3) is 14.9. The van der Waals surface area contributed by atoms with Gasteiger partial charge in [0.25, 0.3) is 0 Å². The monoisotopic (exact) mass is 422 g/mol. The Morgan fingerprint density at radius 3 is 1.84 bits per heavy atom. The molecule has 0 aromatic heterocycles. The average Bonchev–Trinajstić information content (AvgIpc) is 2.78. The Morgan fingerprint density at radius 1 is 0.806 bits per heavy atom. The van der Waals surface area contributed by atoms with Crippen molar-refractivity contribution in [2.45, 2.75) is 64.4 Å². The number of carboxylic acids is 1. The zero-order valence-corrected chi connectivity index (χ0v) is 18.9. The molecule has 1 rings (SSSR count). The second-order valence-electron chi connectivity index (χ2n) is 7.20. The largest absolute Gasteiger partial charge is 0.479 e. The highest BCUT2D eigenvalue weighted by Crippen LogP contribution is 2.18. The quantitative estimate of drug-likeness (QED) is 0.206. The molecule has 1 aromatic carbocycles. The number of allylic oxidation sites excluding steroid dienone is 10. The van der Waals surface area contributed by atoms with Crippen LogP contribution in [0.2, 0.25) is 0 Å². The summed E-state index contributed by atoms with van der Waals surface area (Å²) in [5, 5.41) is 9.33. The number of hydrogen-bond acceptors (Lipinski definition) is 2. The number of ether oxygens (including phenoxy) is 1. The molecule has 1 N–H and O–H groups in total. The Hall–Kier alpha value is -2.65. The summed E-state index contributed by atoms with van der Waals surface area (Å²) in [6.45, 7) is 2.60. The van der Waals surface area contributed by atoms with Crippen molar-refractivity contribution in [1.29, 1.82) is 0 Å². The van der Waals surface area contributed by atoms with Gasteiger partial charge >= 0.3 is 5.97 Å². The molecule has 0 aliphatic heterocycles. The van der Waals surface area contributed by atoms with E-state index in [1.165, 1.54) is 0 Å². The average molecular weight is 423 g/mol. The molecule has 0 saturated carbocycles. The normalized spacial score (nSPS) is 13.5. The maximum atomic E-state index is 11.4. The molecule has 1 unspecified atom stereocenters. The highest BCUT2D eigenvalue weighted by molar-refractivity contribution is 5.74. The van der Waals surface area contributed by atoms with Crippen LogP contribution < -0.4 is 0 Å². The molecule has 0 heterocycles. The van der Waals surface area contributed by atoms with E-state index in [1.807, 2.05) is 18.2 Å². The number of carboxylic acid groups (broad SMARTS) is 1. The smallest absolute Gasteiger partial charge is 0.337 e. The van der Waals surface area contributed by atoms with E-state index >= 15 is 0 Å². The molecule has 0 saturated heterocycles. The number of rotatable bonds is 17. The van der Waals surface area contributed by atoms with E-state index in [9.17, 15) is 9.90 Å². The lowest BCUT2D eigenvalue weighted by molar-refractivity contribution is -0.151. The molecular formula is C28H38O3. The van der Waals surface area contributed by atoms with Crippen LogP contribution in [-0.2, 0) is 9.53 Å². The molecule has 0 bridgehead atoms. The minimum Gasteiger partial charge on any atom is -0.479 e. The summed E-state index contributed by atoms with van der Waals surface area (Å²) < 4.78 is 5.57. The van der Waals surface area contributed by atoms with Crippen LogP contribution in [0.3, 0.4) is 0 Å². The summed E-state index contributed by atoms with van der Waals surface area (Å²) in [6, 6.07) is 9.10. The van der Waals surface area contributed by atoms with Gasteiger partial charge in [-0.2, -0.15) is 0 Å². The molecule has 0 radical (unpaired) electrons. The maximum Gasteiger partial charge on any atom is 0.337 e. The van der Waals surface area contributed by atoms with Crippen LogP contribution in [0, 0.1) is 0 Å². The van der Waals surface area contributed by atoms with Gasteiger partial charge in [0.1, 0.15) is 0 Å². The van der Waals surface area contributed by atoms with Gasteiger partial charge in [-0.05, 0) is 56.9 Å². The van der Waals surface area contributed by atoms with Crippen molar-refractivity contribution in [2.75, 3.05) is 6.61 Å². The van der Waals surface area contributed by atoms with Gasteiger partial charge in [-0.25, -0.2) is 4.79 Å². The van der Waals surface area contributed by atoms with Crippen LogP contribution in [0.4, 0.5) is 0 Å². The minimum atomic E-state index is -0.941. The zero-order valence-electron chi connectivity index (χ0n) is 18.9.